The van der Waals surface area contributed by atoms with Crippen LogP contribution in [0.2, 0.25) is 0 Å². The van der Waals surface area contributed by atoms with Crippen LogP contribution in [0.1, 0.15) is 24.3 Å². The van der Waals surface area contributed by atoms with Crippen LogP contribution in [0, 0.1) is 0 Å². The standard InChI is InChI=1S/C7H11N3O2S/c1-7(2,4-11)9-6(12)5-3-8-13-10-5/h3,11H,4H2,1-2H3,(H,9,12). The van der Waals surface area contributed by atoms with Crippen LogP contribution in [0.15, 0.2) is 6.20 Å². The summed E-state index contributed by atoms with van der Waals surface area (Å²) in [6.45, 7) is 3.34. The van der Waals surface area contributed by atoms with Crippen molar-refractivity contribution in [3.05, 3.63) is 11.9 Å². The van der Waals surface area contributed by atoms with E-state index in [2.05, 4.69) is 14.1 Å². The molecule has 5 nitrogen and oxygen atoms in total. The predicted octanol–water partition coefficient (Wildman–Crippen LogP) is 0.0388. The van der Waals surface area contributed by atoms with Gasteiger partial charge in [0.25, 0.3) is 5.91 Å². The number of rotatable bonds is 3. The second-order valence-electron chi connectivity index (χ2n) is 3.29. The molecule has 2 N–H and O–H groups in total. The highest BCUT2D eigenvalue weighted by Gasteiger charge is 2.20. The quantitative estimate of drug-likeness (QED) is 0.724. The molecule has 0 fully saturated rings. The number of hydrogen-bond acceptors (Lipinski definition) is 5. The number of nitrogens with one attached hydrogen (secondary N) is 1. The maximum absolute atomic E-state index is 11.4. The van der Waals surface area contributed by atoms with E-state index in [0.717, 1.165) is 11.7 Å². The molecule has 0 radical (unpaired) electrons. The van der Waals surface area contributed by atoms with E-state index in [4.69, 9.17) is 5.11 Å². The Labute approximate surface area is 80.1 Å². The third-order valence-electron chi connectivity index (χ3n) is 1.44. The first kappa shape index (κ1) is 10.1. The van der Waals surface area contributed by atoms with E-state index in [9.17, 15) is 4.79 Å². The van der Waals surface area contributed by atoms with Crippen molar-refractivity contribution in [1.82, 2.24) is 14.1 Å². The van der Waals surface area contributed by atoms with Gasteiger partial charge >= 0.3 is 0 Å². The summed E-state index contributed by atoms with van der Waals surface area (Å²) in [5, 5.41) is 11.5. The Balaban J connectivity index is 2.61. The largest absolute Gasteiger partial charge is 0.394 e. The third-order valence-corrected chi connectivity index (χ3v) is 1.92. The molecule has 72 valence electrons. The average molecular weight is 201 g/mol. The maximum Gasteiger partial charge on any atom is 0.273 e. The molecule has 0 aliphatic heterocycles. The first-order valence-electron chi connectivity index (χ1n) is 3.76. The zero-order valence-corrected chi connectivity index (χ0v) is 8.26. The minimum atomic E-state index is -0.624. The van der Waals surface area contributed by atoms with Crippen molar-refractivity contribution in [3.63, 3.8) is 0 Å². The van der Waals surface area contributed by atoms with Crippen LogP contribution < -0.4 is 5.32 Å². The molecule has 1 heterocycles. The van der Waals surface area contributed by atoms with Gasteiger partial charge in [-0.3, -0.25) is 4.79 Å². The molecule has 0 aliphatic carbocycles. The van der Waals surface area contributed by atoms with Gasteiger partial charge in [0.2, 0.25) is 0 Å². The molecule has 0 unspecified atom stereocenters. The van der Waals surface area contributed by atoms with E-state index in [1.54, 1.807) is 13.8 Å². The van der Waals surface area contributed by atoms with Gasteiger partial charge in [0, 0.05) is 0 Å². The molecular weight excluding hydrogens is 190 g/mol. The van der Waals surface area contributed by atoms with Crippen LogP contribution in [0.25, 0.3) is 0 Å². The Kier molecular flexibility index (Phi) is 2.94. The van der Waals surface area contributed by atoms with Crippen molar-refractivity contribution in [2.24, 2.45) is 0 Å². The Bertz CT molecular complexity index is 284. The lowest BCUT2D eigenvalue weighted by molar-refractivity contribution is 0.0865. The van der Waals surface area contributed by atoms with E-state index < -0.39 is 5.54 Å². The number of amides is 1. The molecule has 6 heteroatoms. The van der Waals surface area contributed by atoms with Gasteiger partial charge in [-0.25, -0.2) is 0 Å². The molecule has 0 spiro atoms. The van der Waals surface area contributed by atoms with Crippen molar-refractivity contribution >= 4 is 17.6 Å². The summed E-state index contributed by atoms with van der Waals surface area (Å²) in [4.78, 5) is 11.4. The van der Waals surface area contributed by atoms with Gasteiger partial charge in [0.1, 0.15) is 0 Å². The summed E-state index contributed by atoms with van der Waals surface area (Å²) in [7, 11) is 0. The molecule has 1 aromatic rings. The summed E-state index contributed by atoms with van der Waals surface area (Å²) in [5.41, 5.74) is -0.340. The highest BCUT2D eigenvalue weighted by molar-refractivity contribution is 6.99. The van der Waals surface area contributed by atoms with E-state index >= 15 is 0 Å². The van der Waals surface area contributed by atoms with Crippen molar-refractivity contribution in [2.75, 3.05) is 6.61 Å². The fourth-order valence-electron chi connectivity index (χ4n) is 0.676. The van der Waals surface area contributed by atoms with Gasteiger partial charge in [0.15, 0.2) is 5.69 Å². The molecule has 1 aromatic heterocycles. The second-order valence-corrected chi connectivity index (χ2v) is 3.85. The number of aliphatic hydroxyl groups excluding tert-OH is 1. The summed E-state index contributed by atoms with van der Waals surface area (Å²) >= 11 is 0.978. The smallest absolute Gasteiger partial charge is 0.273 e. The van der Waals surface area contributed by atoms with Crippen LogP contribution in [0.5, 0.6) is 0 Å². The third kappa shape index (κ3) is 2.74. The zero-order valence-electron chi connectivity index (χ0n) is 7.44. The zero-order chi connectivity index (χ0) is 9.90. The number of hydrogen-bond donors (Lipinski definition) is 2. The molecule has 0 saturated heterocycles. The lowest BCUT2D eigenvalue weighted by Crippen LogP contribution is -2.46. The monoisotopic (exact) mass is 201 g/mol. The predicted molar refractivity (Wildman–Crippen MR) is 48.5 cm³/mol. The van der Waals surface area contributed by atoms with Crippen molar-refractivity contribution < 1.29 is 9.90 Å². The molecule has 1 amide bonds. The Morgan fingerprint density at radius 2 is 2.46 bits per heavy atom. The van der Waals surface area contributed by atoms with Gasteiger partial charge < -0.3 is 10.4 Å². The fourth-order valence-corrected chi connectivity index (χ4v) is 1.09. The van der Waals surface area contributed by atoms with Gasteiger partial charge in [0.05, 0.1) is 30.1 Å². The SMILES string of the molecule is CC(C)(CO)NC(=O)c1cnsn1. The highest BCUT2D eigenvalue weighted by atomic mass is 32.1. The molecule has 13 heavy (non-hydrogen) atoms. The van der Waals surface area contributed by atoms with Crippen LogP contribution >= 0.6 is 11.7 Å². The minimum Gasteiger partial charge on any atom is -0.394 e. The number of aliphatic hydroxyl groups is 1. The first-order valence-corrected chi connectivity index (χ1v) is 4.49. The molecular formula is C7H11N3O2S. The van der Waals surface area contributed by atoms with Gasteiger partial charge in [-0.1, -0.05) is 0 Å². The average Bonchev–Trinajstić information content (AvgIpc) is 2.55. The molecule has 0 bridgehead atoms. The Hall–Kier alpha value is -1.01. The van der Waals surface area contributed by atoms with Gasteiger partial charge in [-0.05, 0) is 13.8 Å². The normalized spacial score (nSPS) is 11.3. The van der Waals surface area contributed by atoms with Crippen LogP contribution in [-0.2, 0) is 0 Å². The maximum atomic E-state index is 11.4. The molecule has 0 aromatic carbocycles. The first-order chi connectivity index (χ1) is 6.05. The number of nitrogens with zero attached hydrogens (tertiary/aromatic N) is 2. The molecule has 0 atom stereocenters. The lowest BCUT2D eigenvalue weighted by atomic mass is 10.1. The van der Waals surface area contributed by atoms with Gasteiger partial charge in [-0.15, -0.1) is 0 Å². The van der Waals surface area contributed by atoms with E-state index in [1.807, 2.05) is 0 Å². The summed E-state index contributed by atoms with van der Waals surface area (Å²) < 4.78 is 7.48. The summed E-state index contributed by atoms with van der Waals surface area (Å²) in [6, 6.07) is 0. The highest BCUT2D eigenvalue weighted by Crippen LogP contribution is 2.02. The van der Waals surface area contributed by atoms with E-state index in [0.29, 0.717) is 0 Å². The molecule has 0 aliphatic rings. The fraction of sp³-hybridized carbons (Fsp3) is 0.571. The number of aromatic nitrogens is 2. The lowest BCUT2D eigenvalue weighted by Gasteiger charge is -2.22. The van der Waals surface area contributed by atoms with Crippen LogP contribution in [0.3, 0.4) is 0 Å². The van der Waals surface area contributed by atoms with Crippen molar-refractivity contribution in [2.45, 2.75) is 19.4 Å². The van der Waals surface area contributed by atoms with Gasteiger partial charge in [-0.2, -0.15) is 8.75 Å². The van der Waals surface area contributed by atoms with Crippen molar-refractivity contribution in [3.8, 4) is 0 Å². The van der Waals surface area contributed by atoms with Crippen LogP contribution in [0.4, 0.5) is 0 Å². The molecule has 1 rings (SSSR count). The number of carbonyl (C=O) groups excluding carboxylic acids is 1. The summed E-state index contributed by atoms with van der Waals surface area (Å²) in [6.07, 6.45) is 1.40. The number of carbonyl (C=O) groups is 1. The Morgan fingerprint density at radius 3 is 2.92 bits per heavy atom. The summed E-state index contributed by atoms with van der Waals surface area (Å²) in [5.74, 6) is -0.312. The van der Waals surface area contributed by atoms with Crippen LogP contribution in [-0.4, -0.2) is 31.9 Å². The van der Waals surface area contributed by atoms with E-state index in [-0.39, 0.29) is 18.2 Å². The Morgan fingerprint density at radius 1 is 1.77 bits per heavy atom. The topological polar surface area (TPSA) is 75.1 Å². The molecule has 0 saturated carbocycles. The second kappa shape index (κ2) is 3.80. The van der Waals surface area contributed by atoms with E-state index in [1.165, 1.54) is 6.20 Å². The minimum absolute atomic E-state index is 0.115. The van der Waals surface area contributed by atoms with Crippen molar-refractivity contribution in [1.29, 1.82) is 0 Å².